The summed E-state index contributed by atoms with van der Waals surface area (Å²) in [4.78, 5) is 16.0. The number of benzene rings is 1. The maximum Gasteiger partial charge on any atom is 0.215 e. The maximum atomic E-state index is 12.9. The Labute approximate surface area is 129 Å². The van der Waals surface area contributed by atoms with Crippen LogP contribution in [0.4, 0.5) is 4.39 Å². The van der Waals surface area contributed by atoms with Crippen molar-refractivity contribution in [1.82, 2.24) is 25.4 Å². The van der Waals surface area contributed by atoms with Gasteiger partial charge in [-0.3, -0.25) is 15.0 Å². The lowest BCUT2D eigenvalue weighted by Crippen LogP contribution is -2.02. The highest BCUT2D eigenvalue weighted by Crippen LogP contribution is 2.15. The third-order valence-electron chi connectivity index (χ3n) is 3.18. The van der Waals surface area contributed by atoms with Crippen LogP contribution in [0.15, 0.2) is 42.9 Å². The molecule has 0 spiro atoms. The highest BCUT2D eigenvalue weighted by atomic mass is 19.1. The van der Waals surface area contributed by atoms with Crippen molar-refractivity contribution in [3.05, 3.63) is 71.3 Å². The van der Waals surface area contributed by atoms with Gasteiger partial charge in [-0.05, 0) is 17.7 Å². The molecule has 3 aromatic rings. The summed E-state index contributed by atoms with van der Waals surface area (Å²) in [6.07, 6.45) is 4.24. The third kappa shape index (κ3) is 3.31. The number of aromatic amines is 2. The first-order valence-corrected chi connectivity index (χ1v) is 6.71. The molecule has 1 aromatic carbocycles. The third-order valence-corrected chi connectivity index (χ3v) is 3.18. The molecule has 0 saturated heterocycles. The van der Waals surface area contributed by atoms with Crippen molar-refractivity contribution in [2.24, 2.45) is 0 Å². The quantitative estimate of drug-likeness (QED) is 0.379. The second-order valence-electron chi connectivity index (χ2n) is 4.79. The van der Waals surface area contributed by atoms with Crippen molar-refractivity contribution < 1.29 is 14.3 Å². The van der Waals surface area contributed by atoms with Gasteiger partial charge in [0, 0.05) is 18.1 Å². The largest absolute Gasteiger partial charge is 0.504 e. The molecule has 7 nitrogen and oxygen atoms in total. The topological polar surface area (TPSA) is 108 Å². The molecule has 2 heterocycles. The Bertz CT molecular complexity index is 837. The molecule has 3 N–H and O–H groups in total. The molecule has 0 atom stereocenters. The van der Waals surface area contributed by atoms with E-state index in [-0.39, 0.29) is 23.1 Å². The average Bonchev–Trinajstić information content (AvgIpc) is 3.20. The number of hydrogen-bond acceptors (Lipinski definition) is 5. The number of nitrogens with zero attached hydrogens (tertiary/aromatic N) is 3. The van der Waals surface area contributed by atoms with Gasteiger partial charge >= 0.3 is 0 Å². The zero-order chi connectivity index (χ0) is 16.2. The van der Waals surface area contributed by atoms with Crippen molar-refractivity contribution in [2.75, 3.05) is 0 Å². The highest BCUT2D eigenvalue weighted by molar-refractivity contribution is 6.07. The van der Waals surface area contributed by atoms with Crippen LogP contribution in [0.5, 0.6) is 0 Å². The molecule has 0 aliphatic rings. The second kappa shape index (κ2) is 6.22. The van der Waals surface area contributed by atoms with Crippen molar-refractivity contribution in [2.45, 2.75) is 6.42 Å². The van der Waals surface area contributed by atoms with Gasteiger partial charge in [-0.25, -0.2) is 9.37 Å². The van der Waals surface area contributed by atoms with Crippen LogP contribution in [0.2, 0.25) is 0 Å². The van der Waals surface area contributed by atoms with Crippen LogP contribution in [-0.4, -0.2) is 36.3 Å². The Morgan fingerprint density at radius 2 is 2.09 bits per heavy atom. The van der Waals surface area contributed by atoms with Gasteiger partial charge in [-0.2, -0.15) is 10.2 Å². The number of allylic oxidation sites excluding steroid dienone is 1. The Morgan fingerprint density at radius 1 is 1.30 bits per heavy atom. The number of halogens is 1. The molecule has 0 fully saturated rings. The minimum Gasteiger partial charge on any atom is -0.504 e. The van der Waals surface area contributed by atoms with E-state index >= 15 is 0 Å². The zero-order valence-corrected chi connectivity index (χ0v) is 11.8. The van der Waals surface area contributed by atoms with Crippen molar-refractivity contribution in [3.63, 3.8) is 0 Å². The fraction of sp³-hybridized carbons (Fsp3) is 0.0667. The highest BCUT2D eigenvalue weighted by Gasteiger charge is 2.15. The van der Waals surface area contributed by atoms with E-state index in [0.717, 1.165) is 11.6 Å². The average molecular weight is 313 g/mol. The maximum absolute atomic E-state index is 12.9. The summed E-state index contributed by atoms with van der Waals surface area (Å²) in [6, 6.07) is 5.98. The molecule has 8 heteroatoms. The Morgan fingerprint density at radius 3 is 2.78 bits per heavy atom. The number of hydrogen-bond donors (Lipinski definition) is 3. The van der Waals surface area contributed by atoms with E-state index in [1.807, 2.05) is 0 Å². The lowest BCUT2D eigenvalue weighted by molar-refractivity contribution is 0.104. The molecule has 116 valence electrons. The van der Waals surface area contributed by atoms with Gasteiger partial charge in [0.2, 0.25) is 11.6 Å². The molecule has 0 aliphatic carbocycles. The van der Waals surface area contributed by atoms with E-state index in [9.17, 15) is 14.3 Å². The smallest absolute Gasteiger partial charge is 0.215 e. The first-order valence-electron chi connectivity index (χ1n) is 6.71. The van der Waals surface area contributed by atoms with E-state index in [1.165, 1.54) is 24.7 Å². The van der Waals surface area contributed by atoms with E-state index in [4.69, 9.17) is 0 Å². The fourth-order valence-electron chi connectivity index (χ4n) is 2.07. The van der Waals surface area contributed by atoms with Gasteiger partial charge in [-0.15, -0.1) is 0 Å². The lowest BCUT2D eigenvalue weighted by Gasteiger charge is -2.01. The number of aromatic nitrogens is 5. The number of carbonyl (C=O) groups is 1. The van der Waals surface area contributed by atoms with Crippen LogP contribution in [0, 0.1) is 5.82 Å². The summed E-state index contributed by atoms with van der Waals surface area (Å²) in [5, 5.41) is 22.4. The molecule has 0 saturated carbocycles. The molecule has 23 heavy (non-hydrogen) atoms. The minimum absolute atomic E-state index is 0.0259. The summed E-state index contributed by atoms with van der Waals surface area (Å²) in [6.45, 7) is 0. The number of rotatable bonds is 5. The Balaban J connectivity index is 1.81. The number of aliphatic hydroxyl groups is 1. The van der Waals surface area contributed by atoms with Crippen molar-refractivity contribution in [3.8, 4) is 0 Å². The van der Waals surface area contributed by atoms with E-state index < -0.39 is 5.78 Å². The van der Waals surface area contributed by atoms with Gasteiger partial charge in [0.05, 0.1) is 6.20 Å². The molecular formula is C15H12FN5O2. The second-order valence-corrected chi connectivity index (χ2v) is 4.79. The standard InChI is InChI=1S/C15H12FN5O2/c16-11-3-1-9(2-4-11)5-10-7-18-20-14(10)12(22)6-13(23)15-17-8-19-21-15/h1-4,6-8,23H,5H2,(H,18,20)(H,17,19,21). The monoisotopic (exact) mass is 313 g/mol. The first kappa shape index (κ1) is 14.6. The molecule has 0 unspecified atom stereocenters. The number of ketones is 1. The summed E-state index contributed by atoms with van der Waals surface area (Å²) in [5.74, 6) is -1.10. The van der Waals surface area contributed by atoms with Crippen LogP contribution in [-0.2, 0) is 6.42 Å². The number of H-pyrrole nitrogens is 2. The Hall–Kier alpha value is -3.29. The summed E-state index contributed by atoms with van der Waals surface area (Å²) < 4.78 is 12.9. The SMILES string of the molecule is O=C(C=C(O)c1nc[nH]n1)c1[nH]ncc1Cc1ccc(F)cc1. The van der Waals surface area contributed by atoms with Crippen LogP contribution >= 0.6 is 0 Å². The molecule has 0 bridgehead atoms. The number of aliphatic hydroxyl groups excluding tert-OH is 1. The summed E-state index contributed by atoms with van der Waals surface area (Å²) in [7, 11) is 0. The van der Waals surface area contributed by atoms with Gasteiger partial charge in [-0.1, -0.05) is 12.1 Å². The fourth-order valence-corrected chi connectivity index (χ4v) is 2.07. The Kier molecular flexibility index (Phi) is 3.96. The normalized spacial score (nSPS) is 11.6. The van der Waals surface area contributed by atoms with Crippen LogP contribution in [0.1, 0.15) is 27.4 Å². The summed E-state index contributed by atoms with van der Waals surface area (Å²) >= 11 is 0. The van der Waals surface area contributed by atoms with Crippen molar-refractivity contribution >= 4 is 11.5 Å². The van der Waals surface area contributed by atoms with E-state index in [1.54, 1.807) is 12.1 Å². The predicted molar refractivity (Wildman–Crippen MR) is 79.1 cm³/mol. The van der Waals surface area contributed by atoms with E-state index in [0.29, 0.717) is 12.0 Å². The van der Waals surface area contributed by atoms with Gasteiger partial charge in [0.1, 0.15) is 17.8 Å². The predicted octanol–water partition coefficient (Wildman–Crippen LogP) is 2.04. The first-order chi connectivity index (χ1) is 11.1. The molecule has 0 amide bonds. The number of nitrogens with one attached hydrogen (secondary N) is 2. The minimum atomic E-state index is -0.457. The zero-order valence-electron chi connectivity index (χ0n) is 11.8. The van der Waals surface area contributed by atoms with Crippen molar-refractivity contribution in [1.29, 1.82) is 0 Å². The molecule has 3 rings (SSSR count). The van der Waals surface area contributed by atoms with Gasteiger partial charge in [0.25, 0.3) is 0 Å². The molecule has 0 radical (unpaired) electrons. The molecule has 2 aromatic heterocycles. The van der Waals surface area contributed by atoms with Gasteiger partial charge in [0.15, 0.2) is 5.76 Å². The van der Waals surface area contributed by atoms with E-state index in [2.05, 4.69) is 25.4 Å². The molecular weight excluding hydrogens is 301 g/mol. The van der Waals surface area contributed by atoms with Gasteiger partial charge < -0.3 is 5.11 Å². The van der Waals surface area contributed by atoms with Crippen LogP contribution in [0.25, 0.3) is 5.76 Å². The lowest BCUT2D eigenvalue weighted by atomic mass is 10.0. The summed E-state index contributed by atoms with van der Waals surface area (Å²) in [5.41, 5.74) is 1.72. The number of carbonyl (C=O) groups excluding carboxylic acids is 1. The van der Waals surface area contributed by atoms with Crippen LogP contribution < -0.4 is 0 Å². The van der Waals surface area contributed by atoms with Crippen LogP contribution in [0.3, 0.4) is 0 Å². The molecule has 0 aliphatic heterocycles.